The summed E-state index contributed by atoms with van der Waals surface area (Å²) in [4.78, 5) is 15.5. The Kier molecular flexibility index (Phi) is 4.38. The highest BCUT2D eigenvalue weighted by Crippen LogP contribution is 2.47. The highest BCUT2D eigenvalue weighted by Gasteiger charge is 2.50. The summed E-state index contributed by atoms with van der Waals surface area (Å²) in [7, 11) is 2.20. The number of piperidine rings is 1. The summed E-state index contributed by atoms with van der Waals surface area (Å²) in [5, 5.41) is 0. The second-order valence-corrected chi connectivity index (χ2v) is 8.09. The maximum atomic E-state index is 13.1. The van der Waals surface area contributed by atoms with Crippen LogP contribution in [0, 0.1) is 12.8 Å². The van der Waals surface area contributed by atoms with E-state index in [2.05, 4.69) is 43.1 Å². The number of fused-ring (bicyclic) bond motifs is 2. The third-order valence-electron chi connectivity index (χ3n) is 6.63. The first kappa shape index (κ1) is 16.1. The highest BCUT2D eigenvalue weighted by molar-refractivity contribution is 5.75. The summed E-state index contributed by atoms with van der Waals surface area (Å²) in [5.41, 5.74) is 2.60. The number of nitrogens with zero attached hydrogens (tertiary/aromatic N) is 1. The molecule has 1 aliphatic carbocycles. The van der Waals surface area contributed by atoms with Gasteiger partial charge < -0.3 is 4.74 Å². The molecule has 0 unspecified atom stereocenters. The van der Waals surface area contributed by atoms with Crippen LogP contribution in [-0.4, -0.2) is 36.1 Å². The molecule has 3 aliphatic rings. The standard InChI is InChI=1S/C21H29NO2/c1-14-7-9-15(10-8-14)18-13-16-11-12-19(22(16)2)20(18)21(23)24-17-5-3-4-6-17/h7-10,16-20H,3-6,11-13H2,1-2H3/t16-,18+,19+,20-/m0/s1. The zero-order chi connectivity index (χ0) is 16.7. The first-order valence-corrected chi connectivity index (χ1v) is 9.62. The van der Waals surface area contributed by atoms with Crippen molar-refractivity contribution in [2.75, 3.05) is 7.05 Å². The number of aryl methyl sites for hydroxylation is 1. The molecule has 4 atom stereocenters. The van der Waals surface area contributed by atoms with Gasteiger partial charge in [-0.15, -0.1) is 0 Å². The summed E-state index contributed by atoms with van der Waals surface area (Å²) in [6, 6.07) is 9.77. The van der Waals surface area contributed by atoms with Crippen molar-refractivity contribution in [1.29, 1.82) is 0 Å². The minimum Gasteiger partial charge on any atom is -0.462 e. The molecule has 1 aromatic carbocycles. The molecule has 24 heavy (non-hydrogen) atoms. The van der Waals surface area contributed by atoms with E-state index in [1.807, 2.05) is 0 Å². The van der Waals surface area contributed by atoms with Crippen LogP contribution in [0.2, 0.25) is 0 Å². The van der Waals surface area contributed by atoms with Crippen molar-refractivity contribution in [2.24, 2.45) is 5.92 Å². The second-order valence-electron chi connectivity index (χ2n) is 8.09. The van der Waals surface area contributed by atoms with E-state index in [-0.39, 0.29) is 18.0 Å². The van der Waals surface area contributed by atoms with E-state index < -0.39 is 0 Å². The van der Waals surface area contributed by atoms with E-state index in [4.69, 9.17) is 4.74 Å². The van der Waals surface area contributed by atoms with E-state index in [1.165, 1.54) is 30.4 Å². The number of hydrogen-bond donors (Lipinski definition) is 0. The van der Waals surface area contributed by atoms with E-state index in [9.17, 15) is 4.79 Å². The number of benzene rings is 1. The smallest absolute Gasteiger partial charge is 0.311 e. The fourth-order valence-electron chi connectivity index (χ4n) is 5.19. The molecule has 2 aliphatic heterocycles. The van der Waals surface area contributed by atoms with Crippen LogP contribution >= 0.6 is 0 Å². The maximum Gasteiger partial charge on any atom is 0.311 e. The molecule has 3 nitrogen and oxygen atoms in total. The van der Waals surface area contributed by atoms with Gasteiger partial charge in [-0.1, -0.05) is 29.8 Å². The summed E-state index contributed by atoms with van der Waals surface area (Å²) >= 11 is 0. The second kappa shape index (κ2) is 6.51. The minimum atomic E-state index is -0.00273. The van der Waals surface area contributed by atoms with Crippen molar-refractivity contribution in [3.63, 3.8) is 0 Å². The zero-order valence-electron chi connectivity index (χ0n) is 14.9. The quantitative estimate of drug-likeness (QED) is 0.785. The number of ether oxygens (including phenoxy) is 1. The molecular formula is C21H29NO2. The Balaban J connectivity index is 1.60. The van der Waals surface area contributed by atoms with Gasteiger partial charge in [-0.3, -0.25) is 9.69 Å². The van der Waals surface area contributed by atoms with Crippen molar-refractivity contribution in [3.05, 3.63) is 35.4 Å². The number of carbonyl (C=O) groups is 1. The van der Waals surface area contributed by atoms with Crippen LogP contribution in [-0.2, 0) is 9.53 Å². The molecule has 3 heteroatoms. The lowest BCUT2D eigenvalue weighted by atomic mass is 9.76. The summed E-state index contributed by atoms with van der Waals surface area (Å²) in [5.74, 6) is 0.370. The molecule has 0 spiro atoms. The average Bonchev–Trinajstić information content (AvgIpc) is 3.14. The van der Waals surface area contributed by atoms with Gasteiger partial charge >= 0.3 is 5.97 Å². The molecule has 4 rings (SSSR count). The van der Waals surface area contributed by atoms with Crippen LogP contribution in [0.15, 0.2) is 24.3 Å². The third kappa shape index (κ3) is 2.88. The van der Waals surface area contributed by atoms with E-state index in [1.54, 1.807) is 0 Å². The fourth-order valence-corrected chi connectivity index (χ4v) is 5.19. The van der Waals surface area contributed by atoms with Crippen LogP contribution in [0.25, 0.3) is 0 Å². The van der Waals surface area contributed by atoms with Crippen molar-refractivity contribution >= 4 is 5.97 Å². The fraction of sp³-hybridized carbons (Fsp3) is 0.667. The summed E-state index contributed by atoms with van der Waals surface area (Å²) < 4.78 is 5.96. The molecular weight excluding hydrogens is 298 g/mol. The van der Waals surface area contributed by atoms with Gasteiger partial charge in [0.2, 0.25) is 0 Å². The summed E-state index contributed by atoms with van der Waals surface area (Å²) in [6.45, 7) is 2.12. The Morgan fingerprint density at radius 3 is 2.50 bits per heavy atom. The van der Waals surface area contributed by atoms with Gasteiger partial charge in [-0.25, -0.2) is 0 Å². The molecule has 2 heterocycles. The number of carbonyl (C=O) groups excluding carboxylic acids is 1. The Morgan fingerprint density at radius 2 is 1.79 bits per heavy atom. The monoisotopic (exact) mass is 327 g/mol. The first-order chi connectivity index (χ1) is 11.6. The molecule has 130 valence electrons. The largest absolute Gasteiger partial charge is 0.462 e. The van der Waals surface area contributed by atoms with Crippen molar-refractivity contribution in [1.82, 2.24) is 4.90 Å². The van der Waals surface area contributed by atoms with Gasteiger partial charge in [0.05, 0.1) is 5.92 Å². The molecule has 3 fully saturated rings. The molecule has 0 aromatic heterocycles. The highest BCUT2D eigenvalue weighted by atomic mass is 16.5. The van der Waals surface area contributed by atoms with Gasteiger partial charge in [0.1, 0.15) is 6.10 Å². The lowest BCUT2D eigenvalue weighted by Crippen LogP contribution is -2.49. The van der Waals surface area contributed by atoms with Crippen molar-refractivity contribution in [3.8, 4) is 0 Å². The Labute approximate surface area is 145 Å². The molecule has 0 radical (unpaired) electrons. The van der Waals surface area contributed by atoms with Crippen LogP contribution in [0.3, 0.4) is 0 Å². The predicted molar refractivity (Wildman–Crippen MR) is 94.9 cm³/mol. The van der Waals surface area contributed by atoms with Gasteiger partial charge in [0.25, 0.3) is 0 Å². The SMILES string of the molecule is Cc1ccc([C@H]2C[C@@H]3CC[C@H]([C@H]2C(=O)OC2CCCC2)N3C)cc1. The molecule has 0 N–H and O–H groups in total. The molecule has 2 bridgehead atoms. The lowest BCUT2D eigenvalue weighted by Gasteiger charge is -2.42. The average molecular weight is 327 g/mol. The van der Waals surface area contributed by atoms with Crippen LogP contribution in [0.1, 0.15) is 62.0 Å². The number of esters is 1. The third-order valence-corrected chi connectivity index (χ3v) is 6.63. The van der Waals surface area contributed by atoms with E-state index >= 15 is 0 Å². The van der Waals surface area contributed by atoms with E-state index in [0.29, 0.717) is 18.0 Å². The number of hydrogen-bond acceptors (Lipinski definition) is 3. The van der Waals surface area contributed by atoms with Crippen LogP contribution < -0.4 is 0 Å². The minimum absolute atomic E-state index is 0.00273. The van der Waals surface area contributed by atoms with Gasteiger partial charge in [-0.05, 0) is 64.5 Å². The Bertz CT molecular complexity index is 590. The van der Waals surface area contributed by atoms with Crippen LogP contribution in [0.5, 0.6) is 0 Å². The Hall–Kier alpha value is -1.35. The molecule has 2 saturated heterocycles. The molecule has 1 saturated carbocycles. The lowest BCUT2D eigenvalue weighted by molar-refractivity contribution is -0.158. The van der Waals surface area contributed by atoms with Crippen molar-refractivity contribution in [2.45, 2.75) is 76.0 Å². The predicted octanol–water partition coefficient (Wildman–Crippen LogP) is 4.05. The topological polar surface area (TPSA) is 29.5 Å². The van der Waals surface area contributed by atoms with E-state index in [0.717, 1.165) is 25.7 Å². The normalized spacial score (nSPS) is 33.8. The number of rotatable bonds is 3. The van der Waals surface area contributed by atoms with Gasteiger partial charge in [-0.2, -0.15) is 0 Å². The van der Waals surface area contributed by atoms with Crippen molar-refractivity contribution < 1.29 is 9.53 Å². The maximum absolute atomic E-state index is 13.1. The Morgan fingerprint density at radius 1 is 1.08 bits per heavy atom. The van der Waals surface area contributed by atoms with Gasteiger partial charge in [0.15, 0.2) is 0 Å². The molecule has 0 amide bonds. The summed E-state index contributed by atoms with van der Waals surface area (Å²) in [6.07, 6.45) is 8.12. The van der Waals surface area contributed by atoms with Crippen LogP contribution in [0.4, 0.5) is 0 Å². The first-order valence-electron chi connectivity index (χ1n) is 9.62. The van der Waals surface area contributed by atoms with Gasteiger partial charge in [0, 0.05) is 18.0 Å². The molecule has 1 aromatic rings. The zero-order valence-corrected chi connectivity index (χ0v) is 14.9.